The Morgan fingerprint density at radius 1 is 1.03 bits per heavy atom. The molecule has 4 saturated carbocycles. The Hall–Kier alpha value is -1.94. The molecule has 7 atom stereocenters. The van der Waals surface area contributed by atoms with Crippen molar-refractivity contribution < 1.29 is 15.3 Å². The van der Waals surface area contributed by atoms with Crippen molar-refractivity contribution in [3.8, 4) is 0 Å². The van der Waals surface area contributed by atoms with Crippen LogP contribution in [0.4, 0.5) is 0 Å². The van der Waals surface area contributed by atoms with Gasteiger partial charge in [0, 0.05) is 11.8 Å². The largest absolute Gasteiger partial charge is 0.393 e. The fourth-order valence-corrected chi connectivity index (χ4v) is 7.87. The molecule has 0 unspecified atom stereocenters. The van der Waals surface area contributed by atoms with E-state index in [0.717, 1.165) is 30.4 Å². The zero-order valence-corrected chi connectivity index (χ0v) is 22.1. The van der Waals surface area contributed by atoms with Crippen molar-refractivity contribution in [2.75, 3.05) is 0 Å². The first-order chi connectivity index (χ1) is 17.2. The Morgan fingerprint density at radius 3 is 2.50 bits per heavy atom. The number of aliphatic hydroxyl groups excluding tert-OH is 3. The van der Waals surface area contributed by atoms with Gasteiger partial charge in [-0.1, -0.05) is 80.6 Å². The Morgan fingerprint density at radius 2 is 1.78 bits per heavy atom. The molecule has 3 heteroatoms. The van der Waals surface area contributed by atoms with E-state index in [1.807, 2.05) is 6.07 Å². The molecule has 0 bridgehead atoms. The van der Waals surface area contributed by atoms with Gasteiger partial charge in [-0.15, -0.1) is 0 Å². The van der Waals surface area contributed by atoms with Crippen LogP contribution >= 0.6 is 0 Å². The Balaban J connectivity index is 1.29. The molecule has 1 aromatic carbocycles. The summed E-state index contributed by atoms with van der Waals surface area (Å²) in [7, 11) is 0. The molecule has 0 spiro atoms. The summed E-state index contributed by atoms with van der Waals surface area (Å²) in [6.07, 6.45) is 16.4. The summed E-state index contributed by atoms with van der Waals surface area (Å²) >= 11 is 0. The molecule has 0 saturated heterocycles. The molecule has 3 nitrogen and oxygen atoms in total. The Bertz CT molecular complexity index is 1050. The lowest BCUT2D eigenvalue weighted by atomic mass is 9.61. The summed E-state index contributed by atoms with van der Waals surface area (Å²) in [5, 5.41) is 31.4. The van der Waals surface area contributed by atoms with E-state index in [4.69, 9.17) is 0 Å². The topological polar surface area (TPSA) is 60.7 Å². The van der Waals surface area contributed by atoms with Gasteiger partial charge < -0.3 is 15.3 Å². The lowest BCUT2D eigenvalue weighted by molar-refractivity contribution is 0.0862. The molecule has 3 N–H and O–H groups in total. The third-order valence-electron chi connectivity index (χ3n) is 10.2. The smallest absolute Gasteiger partial charge is 0.0817 e. The Labute approximate surface area is 217 Å². The number of allylic oxidation sites excluding steroid dienone is 4. The minimum atomic E-state index is -0.634. The van der Waals surface area contributed by atoms with E-state index in [9.17, 15) is 15.3 Å². The van der Waals surface area contributed by atoms with Crippen LogP contribution in [0.15, 0.2) is 77.9 Å². The molecule has 5 rings (SSSR count). The quantitative estimate of drug-likeness (QED) is 0.405. The van der Waals surface area contributed by atoms with Crippen molar-refractivity contribution in [2.45, 2.75) is 95.4 Å². The van der Waals surface area contributed by atoms with Crippen LogP contribution in [0.1, 0.15) is 77.2 Å². The fraction of sp³-hybridized carbons (Fsp3) is 0.576. The summed E-state index contributed by atoms with van der Waals surface area (Å²) in [5.41, 5.74) is 4.74. The van der Waals surface area contributed by atoms with E-state index in [-0.39, 0.29) is 10.8 Å². The van der Waals surface area contributed by atoms with E-state index in [0.29, 0.717) is 30.6 Å². The van der Waals surface area contributed by atoms with Gasteiger partial charge >= 0.3 is 0 Å². The van der Waals surface area contributed by atoms with Gasteiger partial charge in [-0.2, -0.15) is 0 Å². The number of rotatable bonds is 6. The first-order valence-electron chi connectivity index (χ1n) is 14.1. The van der Waals surface area contributed by atoms with Gasteiger partial charge in [-0.3, -0.25) is 0 Å². The van der Waals surface area contributed by atoms with Crippen LogP contribution in [0.2, 0.25) is 0 Å². The molecule has 0 radical (unpaired) electrons. The maximum absolute atomic E-state index is 11.1. The first kappa shape index (κ1) is 25.7. The highest BCUT2D eigenvalue weighted by Gasteiger charge is 2.51. The molecule has 0 heterocycles. The molecule has 0 aliphatic heterocycles. The molecule has 0 aromatic heterocycles. The van der Waals surface area contributed by atoms with E-state index >= 15 is 0 Å². The zero-order chi connectivity index (χ0) is 25.5. The third-order valence-corrected chi connectivity index (χ3v) is 10.2. The zero-order valence-electron chi connectivity index (χ0n) is 22.1. The lowest BCUT2D eigenvalue weighted by Gasteiger charge is -2.44. The maximum atomic E-state index is 11.1. The summed E-state index contributed by atoms with van der Waals surface area (Å²) in [5.74, 6) is 1.63. The van der Waals surface area contributed by atoms with Crippen LogP contribution in [-0.4, -0.2) is 33.6 Å². The minimum Gasteiger partial charge on any atom is -0.393 e. The van der Waals surface area contributed by atoms with Gasteiger partial charge in [-0.25, -0.2) is 0 Å². The highest BCUT2D eigenvalue weighted by atomic mass is 16.3. The summed E-state index contributed by atoms with van der Waals surface area (Å²) in [6, 6.07) is 10.5. The average molecular weight is 489 g/mol. The number of fused-ring (bicyclic) bond motifs is 1. The van der Waals surface area contributed by atoms with Crippen molar-refractivity contribution in [1.82, 2.24) is 0 Å². The lowest BCUT2D eigenvalue weighted by Crippen LogP contribution is -2.35. The van der Waals surface area contributed by atoms with E-state index in [1.54, 1.807) is 0 Å². The van der Waals surface area contributed by atoms with E-state index < -0.39 is 18.3 Å². The van der Waals surface area contributed by atoms with Crippen LogP contribution in [0, 0.1) is 23.2 Å². The second-order valence-electron chi connectivity index (χ2n) is 12.4. The van der Waals surface area contributed by atoms with Crippen molar-refractivity contribution in [3.63, 3.8) is 0 Å². The molecule has 4 fully saturated rings. The standard InChI is InChI=1S/C33H44O3/c1-22(11-16-31(36)33(18-19-33)26-9-5-4-6-10-26)28-14-15-29-24(8-7-17-32(28,29)3)12-13-25-20-27(34)21-30(35)23(25)2/h4-6,9-13,16,22,27-31,34-36H,2,7-8,14-15,17-21H2,1,3H3/b16-11+,24-12+,25-13-/t22-,27-,28-,29+,30+,31-,32-/m1/s1. The van der Waals surface area contributed by atoms with Gasteiger partial charge in [0.25, 0.3) is 0 Å². The van der Waals surface area contributed by atoms with Gasteiger partial charge in [0.15, 0.2) is 0 Å². The number of benzene rings is 1. The predicted molar refractivity (Wildman–Crippen MR) is 146 cm³/mol. The fourth-order valence-electron chi connectivity index (χ4n) is 7.87. The maximum Gasteiger partial charge on any atom is 0.0817 e. The van der Waals surface area contributed by atoms with Crippen LogP contribution in [0.3, 0.4) is 0 Å². The number of hydrogen-bond donors (Lipinski definition) is 3. The SMILES string of the molecule is C=C1/C(=C\C=C2/CCC[C@]3(C)[C@@H]([C@H](C)/C=C/[C@@H](O)C4(c5ccccc5)CC4)CC[C@@H]23)C[C@@H](O)C[C@@H]1O. The van der Waals surface area contributed by atoms with Crippen LogP contribution in [0.25, 0.3) is 0 Å². The third kappa shape index (κ3) is 4.71. The van der Waals surface area contributed by atoms with E-state index in [1.165, 1.54) is 36.8 Å². The molecular formula is C33H44O3. The summed E-state index contributed by atoms with van der Waals surface area (Å²) in [6.45, 7) is 8.92. The van der Waals surface area contributed by atoms with Gasteiger partial charge in [-0.05, 0) is 91.2 Å². The monoisotopic (exact) mass is 488 g/mol. The average Bonchev–Trinajstić information content (AvgIpc) is 3.60. The number of aliphatic hydroxyl groups is 3. The second-order valence-corrected chi connectivity index (χ2v) is 12.4. The molecule has 4 aliphatic rings. The summed E-state index contributed by atoms with van der Waals surface area (Å²) < 4.78 is 0. The molecular weight excluding hydrogens is 444 g/mol. The number of hydrogen-bond acceptors (Lipinski definition) is 3. The van der Waals surface area contributed by atoms with Crippen molar-refractivity contribution >= 4 is 0 Å². The van der Waals surface area contributed by atoms with Crippen molar-refractivity contribution in [3.05, 3.63) is 83.5 Å². The van der Waals surface area contributed by atoms with E-state index in [2.05, 4.69) is 69.0 Å². The van der Waals surface area contributed by atoms with Crippen LogP contribution < -0.4 is 0 Å². The highest BCUT2D eigenvalue weighted by molar-refractivity contribution is 5.39. The van der Waals surface area contributed by atoms with Crippen LogP contribution in [-0.2, 0) is 5.41 Å². The highest BCUT2D eigenvalue weighted by Crippen LogP contribution is 2.60. The first-order valence-corrected chi connectivity index (χ1v) is 14.1. The minimum absolute atomic E-state index is 0.0852. The molecule has 1 aromatic rings. The van der Waals surface area contributed by atoms with Gasteiger partial charge in [0.2, 0.25) is 0 Å². The van der Waals surface area contributed by atoms with Crippen molar-refractivity contribution in [1.29, 1.82) is 0 Å². The van der Waals surface area contributed by atoms with Gasteiger partial charge in [0.05, 0.1) is 18.3 Å². The Kier molecular flexibility index (Phi) is 7.20. The molecule has 194 valence electrons. The normalized spacial score (nSPS) is 37.9. The molecule has 36 heavy (non-hydrogen) atoms. The van der Waals surface area contributed by atoms with Crippen molar-refractivity contribution in [2.24, 2.45) is 23.2 Å². The second kappa shape index (κ2) is 10.1. The molecule has 4 aliphatic carbocycles. The van der Waals surface area contributed by atoms with Crippen LogP contribution in [0.5, 0.6) is 0 Å². The molecule has 0 amide bonds. The summed E-state index contributed by atoms with van der Waals surface area (Å²) in [4.78, 5) is 0. The predicted octanol–water partition coefficient (Wildman–Crippen LogP) is 6.41. The van der Waals surface area contributed by atoms with Gasteiger partial charge in [0.1, 0.15) is 0 Å².